The van der Waals surface area contributed by atoms with Crippen LogP contribution < -0.4 is 22.9 Å². The molecule has 1 aromatic heterocycles. The number of carbonyl (C=O) groups is 1. The molecule has 0 bridgehead atoms. The van der Waals surface area contributed by atoms with E-state index in [1.807, 2.05) is 29.2 Å². The van der Waals surface area contributed by atoms with Crippen LogP contribution in [0.2, 0.25) is 0 Å². The summed E-state index contributed by atoms with van der Waals surface area (Å²) in [6, 6.07) is 8.37. The first kappa shape index (κ1) is 17.7. The Bertz CT molecular complexity index is 897. The highest BCUT2D eigenvalue weighted by atomic mass is 16.2. The highest BCUT2D eigenvalue weighted by Crippen LogP contribution is 2.50. The summed E-state index contributed by atoms with van der Waals surface area (Å²) in [5.41, 5.74) is 18.6. The second-order valence-electron chi connectivity index (χ2n) is 7.45. The van der Waals surface area contributed by atoms with E-state index in [1.165, 1.54) is 4.57 Å². The lowest BCUT2D eigenvalue weighted by atomic mass is 10.0. The minimum absolute atomic E-state index is 0.000928. The van der Waals surface area contributed by atoms with Gasteiger partial charge >= 0.3 is 5.69 Å². The molecule has 8 heteroatoms. The van der Waals surface area contributed by atoms with E-state index in [0.717, 1.165) is 18.7 Å². The zero-order valence-corrected chi connectivity index (χ0v) is 15.0. The molecule has 2 aliphatic rings. The molecule has 2 fully saturated rings. The molecule has 2 unspecified atom stereocenters. The van der Waals surface area contributed by atoms with Crippen molar-refractivity contribution in [3.05, 3.63) is 52.6 Å². The van der Waals surface area contributed by atoms with Crippen LogP contribution >= 0.6 is 0 Å². The van der Waals surface area contributed by atoms with Crippen LogP contribution in [0.25, 0.3) is 5.69 Å². The van der Waals surface area contributed by atoms with Gasteiger partial charge in [0.1, 0.15) is 5.82 Å². The van der Waals surface area contributed by atoms with Crippen molar-refractivity contribution in [3.63, 3.8) is 0 Å². The maximum Gasteiger partial charge on any atom is 0.354 e. The second-order valence-corrected chi connectivity index (χ2v) is 7.45. The van der Waals surface area contributed by atoms with E-state index in [2.05, 4.69) is 4.98 Å². The third kappa shape index (κ3) is 3.33. The van der Waals surface area contributed by atoms with Gasteiger partial charge in [-0.3, -0.25) is 9.36 Å². The van der Waals surface area contributed by atoms with E-state index >= 15 is 0 Å². The fourth-order valence-corrected chi connectivity index (χ4v) is 4.16. The molecule has 6 N–H and O–H groups in total. The summed E-state index contributed by atoms with van der Waals surface area (Å²) in [5.74, 6) is 1.91. The molecule has 1 aromatic carbocycles. The highest BCUT2D eigenvalue weighted by molar-refractivity contribution is 5.82. The van der Waals surface area contributed by atoms with Crippen molar-refractivity contribution >= 4 is 11.7 Å². The van der Waals surface area contributed by atoms with Crippen molar-refractivity contribution in [3.8, 4) is 5.69 Å². The first-order valence-electron chi connectivity index (χ1n) is 9.17. The van der Waals surface area contributed by atoms with Gasteiger partial charge in [-0.1, -0.05) is 12.1 Å². The molecule has 0 radical (unpaired) electrons. The average Bonchev–Trinajstić information content (AvgIpc) is 3.12. The van der Waals surface area contributed by atoms with Crippen molar-refractivity contribution in [2.75, 3.05) is 25.4 Å². The summed E-state index contributed by atoms with van der Waals surface area (Å²) < 4.78 is 1.41. The summed E-state index contributed by atoms with van der Waals surface area (Å²) >= 11 is 0. The van der Waals surface area contributed by atoms with E-state index in [4.69, 9.17) is 17.2 Å². The summed E-state index contributed by atoms with van der Waals surface area (Å²) in [4.78, 5) is 30.1. The number of benzene rings is 1. The molecule has 1 saturated heterocycles. The lowest BCUT2D eigenvalue weighted by Gasteiger charge is -2.23. The van der Waals surface area contributed by atoms with Crippen LogP contribution in [0, 0.1) is 17.8 Å². The van der Waals surface area contributed by atoms with E-state index in [-0.39, 0.29) is 11.7 Å². The number of fused-ring (bicyclic) bond motifs is 1. The lowest BCUT2D eigenvalue weighted by molar-refractivity contribution is -0.132. The first-order valence-corrected chi connectivity index (χ1v) is 9.17. The van der Waals surface area contributed by atoms with Gasteiger partial charge in [0, 0.05) is 19.3 Å². The topological polar surface area (TPSA) is 133 Å². The highest BCUT2D eigenvalue weighted by Gasteiger charge is 2.55. The van der Waals surface area contributed by atoms with E-state index in [1.54, 1.807) is 12.3 Å². The molecule has 142 valence electrons. The maximum atomic E-state index is 12.6. The number of anilines is 1. The quantitative estimate of drug-likeness (QED) is 0.642. The van der Waals surface area contributed by atoms with Gasteiger partial charge in [-0.25, -0.2) is 4.79 Å². The smallest absolute Gasteiger partial charge is 0.354 e. The Balaban J connectivity index is 1.38. The molecule has 8 nitrogen and oxygen atoms in total. The number of piperidine rings is 1. The van der Waals surface area contributed by atoms with E-state index in [9.17, 15) is 9.59 Å². The Morgan fingerprint density at radius 3 is 2.44 bits per heavy atom. The molecule has 2 aromatic rings. The van der Waals surface area contributed by atoms with Gasteiger partial charge in [-0.2, -0.15) is 4.98 Å². The van der Waals surface area contributed by atoms with Crippen LogP contribution in [0.5, 0.6) is 0 Å². The number of likely N-dealkylation sites (tertiary alicyclic amines) is 1. The SMILES string of the molecule is NCC1C2CN(C(=O)[C@@H](N)Cc3ccc(-n4ccc(N)nc4=O)cc3)CC12. The summed E-state index contributed by atoms with van der Waals surface area (Å²) in [6.07, 6.45) is 2.04. The van der Waals surface area contributed by atoms with Crippen LogP contribution in [-0.4, -0.2) is 46.0 Å². The fourth-order valence-electron chi connectivity index (χ4n) is 4.16. The monoisotopic (exact) mass is 368 g/mol. The number of nitrogens with zero attached hydrogens (tertiary/aromatic N) is 3. The zero-order valence-electron chi connectivity index (χ0n) is 15.0. The third-order valence-corrected chi connectivity index (χ3v) is 5.77. The Hall–Kier alpha value is -2.71. The van der Waals surface area contributed by atoms with Crippen LogP contribution in [0.15, 0.2) is 41.3 Å². The number of amides is 1. The molecule has 1 aliphatic carbocycles. The molecule has 1 saturated carbocycles. The maximum absolute atomic E-state index is 12.6. The number of aromatic nitrogens is 2. The fraction of sp³-hybridized carbons (Fsp3) is 0.421. The molecule has 1 amide bonds. The van der Waals surface area contributed by atoms with Gasteiger partial charge in [0.05, 0.1) is 11.7 Å². The van der Waals surface area contributed by atoms with Crippen molar-refractivity contribution in [1.29, 1.82) is 0 Å². The predicted molar refractivity (Wildman–Crippen MR) is 102 cm³/mol. The number of hydrogen-bond donors (Lipinski definition) is 3. The van der Waals surface area contributed by atoms with Crippen molar-refractivity contribution in [2.45, 2.75) is 12.5 Å². The second kappa shape index (κ2) is 6.79. The zero-order chi connectivity index (χ0) is 19.1. The van der Waals surface area contributed by atoms with Crippen molar-refractivity contribution in [2.24, 2.45) is 29.2 Å². The number of hydrogen-bond acceptors (Lipinski definition) is 6. The summed E-state index contributed by atoms with van der Waals surface area (Å²) in [6.45, 7) is 2.28. The predicted octanol–water partition coefficient (Wildman–Crippen LogP) is -0.652. The van der Waals surface area contributed by atoms with Gasteiger partial charge in [0.15, 0.2) is 0 Å². The Kier molecular flexibility index (Phi) is 4.45. The van der Waals surface area contributed by atoms with Crippen molar-refractivity contribution in [1.82, 2.24) is 14.5 Å². The van der Waals surface area contributed by atoms with Gasteiger partial charge in [-0.05, 0) is 54.5 Å². The van der Waals surface area contributed by atoms with Gasteiger partial charge < -0.3 is 22.1 Å². The molecule has 2 heterocycles. The molecule has 4 rings (SSSR count). The largest absolute Gasteiger partial charge is 0.383 e. The number of nitrogens with two attached hydrogens (primary N) is 3. The molecule has 3 atom stereocenters. The minimum atomic E-state index is -0.564. The lowest BCUT2D eigenvalue weighted by Crippen LogP contribution is -2.45. The van der Waals surface area contributed by atoms with Crippen molar-refractivity contribution < 1.29 is 4.79 Å². The minimum Gasteiger partial charge on any atom is -0.383 e. The Labute approximate surface area is 157 Å². The number of nitrogen functional groups attached to an aromatic ring is 1. The molecular formula is C19H24N6O2. The van der Waals surface area contributed by atoms with E-state index < -0.39 is 11.7 Å². The molecule has 0 spiro atoms. The Morgan fingerprint density at radius 2 is 1.85 bits per heavy atom. The van der Waals surface area contributed by atoms with Crippen LogP contribution in [0.3, 0.4) is 0 Å². The molecular weight excluding hydrogens is 344 g/mol. The van der Waals surface area contributed by atoms with Gasteiger partial charge in [0.2, 0.25) is 5.91 Å². The average molecular weight is 368 g/mol. The van der Waals surface area contributed by atoms with Crippen LogP contribution in [-0.2, 0) is 11.2 Å². The van der Waals surface area contributed by atoms with Gasteiger partial charge in [-0.15, -0.1) is 0 Å². The number of carbonyl (C=O) groups excluding carboxylic acids is 1. The van der Waals surface area contributed by atoms with Crippen LogP contribution in [0.1, 0.15) is 5.56 Å². The summed E-state index contributed by atoms with van der Waals surface area (Å²) in [5, 5.41) is 0. The van der Waals surface area contributed by atoms with Crippen LogP contribution in [0.4, 0.5) is 5.82 Å². The molecule has 27 heavy (non-hydrogen) atoms. The molecule has 1 aliphatic heterocycles. The standard InChI is InChI=1S/C19H24N6O2/c20-8-13-14-9-24(10-15(13)14)18(26)16(21)7-11-1-3-12(4-2-11)25-6-5-17(22)23-19(25)27/h1-6,13-16H,7-10,20-21H2,(H2,22,23,27)/t13?,14?,15?,16-/m0/s1. The first-order chi connectivity index (χ1) is 13.0. The third-order valence-electron chi connectivity index (χ3n) is 5.77. The van der Waals surface area contributed by atoms with Gasteiger partial charge in [0.25, 0.3) is 0 Å². The van der Waals surface area contributed by atoms with E-state index in [0.29, 0.717) is 36.4 Å². The number of rotatable bonds is 5. The normalized spacial score (nSPS) is 24.5. The summed E-state index contributed by atoms with van der Waals surface area (Å²) in [7, 11) is 0. The Morgan fingerprint density at radius 1 is 1.19 bits per heavy atom.